The Balaban J connectivity index is 3.35. The average Bonchev–Trinajstić information content (AvgIpc) is 1.69. The molecule has 0 aromatic rings. The normalized spacial score (nSPS) is 11.2. The van der Waals surface area contributed by atoms with E-state index in [1.807, 2.05) is 14.1 Å². The van der Waals surface area contributed by atoms with Gasteiger partial charge in [-0.3, -0.25) is 4.84 Å². The van der Waals surface area contributed by atoms with E-state index in [0.29, 0.717) is 0 Å². The molecule has 0 aliphatic rings. The fraction of sp³-hybridized carbons (Fsp3) is 1.00. The lowest BCUT2D eigenvalue weighted by Crippen LogP contribution is -2.44. The van der Waals surface area contributed by atoms with Gasteiger partial charge in [0.15, 0.2) is 0 Å². The van der Waals surface area contributed by atoms with Crippen LogP contribution in [0, 0.1) is 0 Å². The first-order chi connectivity index (χ1) is 3.72. The summed E-state index contributed by atoms with van der Waals surface area (Å²) >= 11 is 0. The van der Waals surface area contributed by atoms with E-state index in [-0.39, 0.29) is 0 Å². The van der Waals surface area contributed by atoms with Gasteiger partial charge in [0.2, 0.25) is 0 Å². The molecule has 8 heavy (non-hydrogen) atoms. The Labute approximate surface area is 49.9 Å². The first kappa shape index (κ1) is 7.84. The molecule has 0 atom stereocenters. The van der Waals surface area contributed by atoms with Crippen LogP contribution in [0.5, 0.6) is 0 Å². The van der Waals surface area contributed by atoms with Gasteiger partial charge in [0.05, 0.1) is 7.11 Å². The van der Waals surface area contributed by atoms with Gasteiger partial charge >= 0.3 is 0 Å². The van der Waals surface area contributed by atoms with Crippen LogP contribution in [0.2, 0.25) is 0 Å². The van der Waals surface area contributed by atoms with Crippen LogP contribution in [-0.2, 0) is 4.84 Å². The fourth-order valence-electron chi connectivity index (χ4n) is 0.455. The van der Waals surface area contributed by atoms with Gasteiger partial charge in [-0.2, -0.15) is 0 Å². The second kappa shape index (κ2) is 3.80. The molecule has 0 rings (SSSR count). The van der Waals surface area contributed by atoms with E-state index in [1.54, 1.807) is 19.2 Å². The predicted molar refractivity (Wildman–Crippen MR) is 31.6 cm³/mol. The van der Waals surface area contributed by atoms with Crippen molar-refractivity contribution >= 4 is 0 Å². The van der Waals surface area contributed by atoms with Crippen molar-refractivity contribution in [3.63, 3.8) is 0 Å². The summed E-state index contributed by atoms with van der Waals surface area (Å²) in [5.41, 5.74) is 2.79. The summed E-state index contributed by atoms with van der Waals surface area (Å²) in [6.45, 7) is 0. The molecule has 0 aromatic heterocycles. The predicted octanol–water partition coefficient (Wildman–Crippen LogP) is -0.539. The van der Waals surface area contributed by atoms with Gasteiger partial charge in [0.1, 0.15) is 0 Å². The van der Waals surface area contributed by atoms with Gasteiger partial charge in [-0.1, -0.05) is 5.28 Å². The number of hydrogen-bond donors (Lipinski definition) is 1. The molecule has 0 amide bonds. The molecule has 50 valence electrons. The zero-order valence-corrected chi connectivity index (χ0v) is 5.80. The standard InChI is InChI=1S/C4H13N3O/c1-5-7(8-4)6(2)3/h5H,1-4H3. The van der Waals surface area contributed by atoms with Crippen LogP contribution in [0.15, 0.2) is 0 Å². The van der Waals surface area contributed by atoms with Crippen molar-refractivity contribution in [2.75, 3.05) is 28.3 Å². The maximum atomic E-state index is 4.81. The molecule has 0 unspecified atom stereocenters. The molecule has 0 spiro atoms. The smallest absolute Gasteiger partial charge is 0.0607 e. The molecule has 0 radical (unpaired) electrons. The lowest BCUT2D eigenvalue weighted by atomic mass is 11.2. The highest BCUT2D eigenvalue weighted by atomic mass is 16.7. The number of nitrogens with one attached hydrogen (secondary N) is 1. The van der Waals surface area contributed by atoms with Gasteiger partial charge in [-0.25, -0.2) is 10.4 Å². The van der Waals surface area contributed by atoms with Gasteiger partial charge in [0, 0.05) is 21.1 Å². The number of hydrazine groups is 2. The van der Waals surface area contributed by atoms with Crippen LogP contribution in [0.25, 0.3) is 0 Å². The van der Waals surface area contributed by atoms with Crippen molar-refractivity contribution < 1.29 is 4.84 Å². The summed E-state index contributed by atoms with van der Waals surface area (Å²) in [4.78, 5) is 4.81. The summed E-state index contributed by atoms with van der Waals surface area (Å²) in [5.74, 6) is 0. The summed E-state index contributed by atoms with van der Waals surface area (Å²) < 4.78 is 0. The van der Waals surface area contributed by atoms with Crippen molar-refractivity contribution in [1.82, 2.24) is 15.7 Å². The Morgan fingerprint density at radius 3 is 1.88 bits per heavy atom. The van der Waals surface area contributed by atoms with Crippen LogP contribution in [-0.4, -0.2) is 38.5 Å². The Kier molecular flexibility index (Phi) is 3.72. The van der Waals surface area contributed by atoms with E-state index in [2.05, 4.69) is 5.43 Å². The quantitative estimate of drug-likeness (QED) is 0.505. The largest absolute Gasteiger partial charge is 0.273 e. The molecule has 0 bridgehead atoms. The molecule has 0 saturated heterocycles. The van der Waals surface area contributed by atoms with Crippen molar-refractivity contribution in [2.24, 2.45) is 0 Å². The Hall–Kier alpha value is -0.160. The average molecular weight is 119 g/mol. The summed E-state index contributed by atoms with van der Waals surface area (Å²) in [6.07, 6.45) is 0. The highest BCUT2D eigenvalue weighted by Gasteiger charge is 1.98. The van der Waals surface area contributed by atoms with E-state index >= 15 is 0 Å². The Bertz CT molecular complexity index is 53.2. The topological polar surface area (TPSA) is 27.7 Å². The Morgan fingerprint density at radius 1 is 1.38 bits per heavy atom. The first-order valence-corrected chi connectivity index (χ1v) is 2.41. The maximum Gasteiger partial charge on any atom is 0.0607 e. The van der Waals surface area contributed by atoms with Crippen molar-refractivity contribution in [2.45, 2.75) is 0 Å². The SMILES string of the molecule is CNN(OC)N(C)C. The summed E-state index contributed by atoms with van der Waals surface area (Å²) in [7, 11) is 7.12. The first-order valence-electron chi connectivity index (χ1n) is 2.41. The third-order valence-corrected chi connectivity index (χ3v) is 0.728. The van der Waals surface area contributed by atoms with Crippen molar-refractivity contribution in [3.05, 3.63) is 0 Å². The molecule has 0 heterocycles. The third-order valence-electron chi connectivity index (χ3n) is 0.728. The van der Waals surface area contributed by atoms with Crippen LogP contribution in [0.1, 0.15) is 0 Å². The third kappa shape index (κ3) is 2.23. The molecule has 0 aromatic carbocycles. The highest BCUT2D eigenvalue weighted by molar-refractivity contribution is 4.16. The Morgan fingerprint density at radius 2 is 1.88 bits per heavy atom. The lowest BCUT2D eigenvalue weighted by molar-refractivity contribution is -0.280. The molecular weight excluding hydrogens is 106 g/mol. The van der Waals surface area contributed by atoms with Crippen molar-refractivity contribution in [3.8, 4) is 0 Å². The molecule has 0 aliphatic heterocycles. The van der Waals surface area contributed by atoms with Gasteiger partial charge in [-0.05, 0) is 0 Å². The van der Waals surface area contributed by atoms with Crippen LogP contribution < -0.4 is 5.43 Å². The number of nitrogens with zero attached hydrogens (tertiary/aromatic N) is 2. The molecule has 0 saturated carbocycles. The molecule has 4 heteroatoms. The minimum atomic E-state index is 1.50. The number of rotatable bonds is 3. The molecular formula is C4H13N3O. The maximum absolute atomic E-state index is 4.81. The molecule has 1 N–H and O–H groups in total. The van der Waals surface area contributed by atoms with Gasteiger partial charge < -0.3 is 0 Å². The van der Waals surface area contributed by atoms with Crippen LogP contribution in [0.3, 0.4) is 0 Å². The van der Waals surface area contributed by atoms with E-state index in [0.717, 1.165) is 0 Å². The molecule has 0 fully saturated rings. The van der Waals surface area contributed by atoms with Crippen LogP contribution in [0.4, 0.5) is 0 Å². The van der Waals surface area contributed by atoms with Gasteiger partial charge in [-0.15, -0.1) is 0 Å². The molecule has 4 nitrogen and oxygen atoms in total. The second-order valence-corrected chi connectivity index (χ2v) is 1.53. The van der Waals surface area contributed by atoms with E-state index < -0.39 is 0 Å². The lowest BCUT2D eigenvalue weighted by Gasteiger charge is -2.23. The molecule has 0 aliphatic carbocycles. The highest BCUT2D eigenvalue weighted by Crippen LogP contribution is 1.80. The van der Waals surface area contributed by atoms with E-state index in [9.17, 15) is 0 Å². The zero-order valence-electron chi connectivity index (χ0n) is 5.80. The van der Waals surface area contributed by atoms with E-state index in [1.165, 1.54) is 5.28 Å². The summed E-state index contributed by atoms with van der Waals surface area (Å²) in [6, 6.07) is 0. The van der Waals surface area contributed by atoms with Crippen LogP contribution >= 0.6 is 0 Å². The van der Waals surface area contributed by atoms with E-state index in [4.69, 9.17) is 4.84 Å². The minimum Gasteiger partial charge on any atom is -0.273 e. The summed E-state index contributed by atoms with van der Waals surface area (Å²) in [5, 5.41) is 3.28. The minimum absolute atomic E-state index is 1.50. The monoisotopic (exact) mass is 119 g/mol. The second-order valence-electron chi connectivity index (χ2n) is 1.53. The number of hydrogen-bond acceptors (Lipinski definition) is 4. The van der Waals surface area contributed by atoms with Crippen molar-refractivity contribution in [1.29, 1.82) is 0 Å². The zero-order chi connectivity index (χ0) is 6.57. The van der Waals surface area contributed by atoms with Gasteiger partial charge in [0.25, 0.3) is 0 Å². The fourth-order valence-corrected chi connectivity index (χ4v) is 0.455.